The van der Waals surface area contributed by atoms with Gasteiger partial charge in [-0.05, 0) is 36.1 Å². The molecule has 0 fully saturated rings. The van der Waals surface area contributed by atoms with Gasteiger partial charge < -0.3 is 4.74 Å². The first kappa shape index (κ1) is 14.1. The van der Waals surface area contributed by atoms with Crippen LogP contribution < -0.4 is 4.74 Å². The molecule has 21 heavy (non-hydrogen) atoms. The van der Waals surface area contributed by atoms with E-state index >= 15 is 0 Å². The number of hydrogen-bond acceptors (Lipinski definition) is 2. The third-order valence-corrected chi connectivity index (χ3v) is 4.15. The fraction of sp³-hybridized carbons (Fsp3) is 0.235. The van der Waals surface area contributed by atoms with Crippen LogP contribution in [0.3, 0.4) is 0 Å². The minimum absolute atomic E-state index is 0.0850. The third kappa shape index (κ3) is 2.79. The molecule has 0 saturated carbocycles. The Hall–Kier alpha value is -1.87. The van der Waals surface area contributed by atoms with Gasteiger partial charge in [0, 0.05) is 12.0 Å². The Bertz CT molecular complexity index is 684. The number of hydrogen-bond donors (Lipinski definition) is 0. The molecule has 0 N–H and O–H groups in total. The van der Waals surface area contributed by atoms with Crippen molar-refractivity contribution in [1.29, 1.82) is 0 Å². The van der Waals surface area contributed by atoms with Crippen molar-refractivity contribution < 1.29 is 13.9 Å². The molecule has 2 nitrogen and oxygen atoms in total. The van der Waals surface area contributed by atoms with E-state index in [-0.39, 0.29) is 22.3 Å². The number of Topliss-reactive ketones (excluding diaryl/α,β-unsaturated/α-hetero) is 1. The molecule has 4 heteroatoms. The summed E-state index contributed by atoms with van der Waals surface area (Å²) in [6.07, 6.45) is 1.08. The summed E-state index contributed by atoms with van der Waals surface area (Å²) in [7, 11) is 0. The van der Waals surface area contributed by atoms with Crippen LogP contribution in [0.25, 0.3) is 0 Å². The van der Waals surface area contributed by atoms with Crippen LogP contribution in [-0.4, -0.2) is 12.4 Å². The van der Waals surface area contributed by atoms with Gasteiger partial charge in [-0.15, -0.1) is 0 Å². The monoisotopic (exact) mass is 304 g/mol. The Morgan fingerprint density at radius 2 is 2.05 bits per heavy atom. The molecule has 2 aromatic rings. The van der Waals surface area contributed by atoms with Gasteiger partial charge in [0.2, 0.25) is 0 Å². The molecule has 1 aliphatic heterocycles. The van der Waals surface area contributed by atoms with E-state index in [4.69, 9.17) is 16.3 Å². The largest absolute Gasteiger partial charge is 0.493 e. The summed E-state index contributed by atoms with van der Waals surface area (Å²) in [4.78, 5) is 12.4. The zero-order valence-corrected chi connectivity index (χ0v) is 12.1. The average molecular weight is 305 g/mol. The highest BCUT2D eigenvalue weighted by Crippen LogP contribution is 2.36. The Morgan fingerprint density at radius 1 is 1.24 bits per heavy atom. The Balaban J connectivity index is 1.85. The molecule has 0 amide bonds. The zero-order chi connectivity index (χ0) is 14.8. The molecule has 108 valence electrons. The van der Waals surface area contributed by atoms with Crippen LogP contribution in [0.4, 0.5) is 4.39 Å². The first-order valence-corrected chi connectivity index (χ1v) is 7.23. The number of carbonyl (C=O) groups excluding carboxylic acids is 1. The topological polar surface area (TPSA) is 26.3 Å². The quantitative estimate of drug-likeness (QED) is 0.774. The van der Waals surface area contributed by atoms with Gasteiger partial charge in [0.25, 0.3) is 0 Å². The van der Waals surface area contributed by atoms with Gasteiger partial charge in [-0.3, -0.25) is 4.79 Å². The maximum atomic E-state index is 13.5. The number of benzene rings is 2. The SMILES string of the molecule is O=C(CC1CCOc2ccccc21)c1cccc(F)c1Cl. The molecule has 2 aromatic carbocycles. The maximum absolute atomic E-state index is 13.5. The number of halogens is 2. The first-order chi connectivity index (χ1) is 10.2. The summed E-state index contributed by atoms with van der Waals surface area (Å²) in [5, 5.41) is -0.0946. The van der Waals surface area contributed by atoms with Crippen molar-refractivity contribution in [2.45, 2.75) is 18.8 Å². The smallest absolute Gasteiger partial charge is 0.165 e. The van der Waals surface area contributed by atoms with Crippen LogP contribution in [0.15, 0.2) is 42.5 Å². The van der Waals surface area contributed by atoms with Gasteiger partial charge >= 0.3 is 0 Å². The van der Waals surface area contributed by atoms with E-state index in [1.165, 1.54) is 12.1 Å². The molecule has 0 spiro atoms. The Labute approximate surface area is 127 Å². The molecule has 1 heterocycles. The fourth-order valence-electron chi connectivity index (χ4n) is 2.68. The highest BCUT2D eigenvalue weighted by Gasteiger charge is 2.25. The number of ether oxygens (including phenoxy) is 1. The first-order valence-electron chi connectivity index (χ1n) is 6.85. The lowest BCUT2D eigenvalue weighted by molar-refractivity contribution is 0.0965. The summed E-state index contributed by atoms with van der Waals surface area (Å²) >= 11 is 5.89. The fourth-order valence-corrected chi connectivity index (χ4v) is 2.91. The van der Waals surface area contributed by atoms with Crippen molar-refractivity contribution in [1.82, 2.24) is 0 Å². The van der Waals surface area contributed by atoms with Gasteiger partial charge in [0.05, 0.1) is 11.6 Å². The Morgan fingerprint density at radius 3 is 2.90 bits per heavy atom. The van der Waals surface area contributed by atoms with E-state index in [2.05, 4.69) is 0 Å². The van der Waals surface area contributed by atoms with E-state index < -0.39 is 5.82 Å². The van der Waals surface area contributed by atoms with Gasteiger partial charge in [-0.2, -0.15) is 0 Å². The van der Waals surface area contributed by atoms with E-state index in [0.29, 0.717) is 13.0 Å². The molecule has 1 aliphatic rings. The van der Waals surface area contributed by atoms with Crippen LogP contribution in [0.1, 0.15) is 34.7 Å². The van der Waals surface area contributed by atoms with Crippen molar-refractivity contribution in [3.05, 3.63) is 64.4 Å². The van der Waals surface area contributed by atoms with Crippen molar-refractivity contribution in [2.75, 3.05) is 6.61 Å². The van der Waals surface area contributed by atoms with Crippen molar-refractivity contribution in [2.24, 2.45) is 0 Å². The molecular weight excluding hydrogens is 291 g/mol. The van der Waals surface area contributed by atoms with E-state index in [1.807, 2.05) is 24.3 Å². The van der Waals surface area contributed by atoms with Crippen LogP contribution in [-0.2, 0) is 0 Å². The standard InChI is InChI=1S/C17H14ClFO2/c18-17-13(5-3-6-14(17)19)15(20)10-11-8-9-21-16-7-2-1-4-12(11)16/h1-7,11H,8-10H2. The molecule has 0 radical (unpaired) electrons. The van der Waals surface area contributed by atoms with Crippen LogP contribution in [0.2, 0.25) is 5.02 Å². The Kier molecular flexibility index (Phi) is 3.93. The molecule has 3 rings (SSSR count). The predicted octanol–water partition coefficient (Wildman–Crippen LogP) is 4.62. The summed E-state index contributed by atoms with van der Waals surface area (Å²) in [6, 6.07) is 12.0. The minimum atomic E-state index is -0.560. The van der Waals surface area contributed by atoms with Crippen LogP contribution in [0.5, 0.6) is 5.75 Å². The predicted molar refractivity (Wildman–Crippen MR) is 79.7 cm³/mol. The summed E-state index contributed by atoms with van der Waals surface area (Å²) in [5.74, 6) is 0.213. The number of para-hydroxylation sites is 1. The number of fused-ring (bicyclic) bond motifs is 1. The molecule has 0 bridgehead atoms. The lowest BCUT2D eigenvalue weighted by atomic mass is 9.87. The van der Waals surface area contributed by atoms with Gasteiger partial charge in [-0.1, -0.05) is 35.9 Å². The molecule has 1 atom stereocenters. The van der Waals surface area contributed by atoms with Gasteiger partial charge in [-0.25, -0.2) is 4.39 Å². The second-order valence-corrected chi connectivity index (χ2v) is 5.48. The van der Waals surface area contributed by atoms with Gasteiger partial charge in [0.15, 0.2) is 5.78 Å². The molecule has 0 aliphatic carbocycles. The number of rotatable bonds is 3. The highest BCUT2D eigenvalue weighted by atomic mass is 35.5. The third-order valence-electron chi connectivity index (χ3n) is 3.77. The van der Waals surface area contributed by atoms with Crippen molar-refractivity contribution in [3.63, 3.8) is 0 Å². The summed E-state index contributed by atoms with van der Waals surface area (Å²) in [5.41, 5.74) is 1.28. The van der Waals surface area contributed by atoms with Gasteiger partial charge in [0.1, 0.15) is 11.6 Å². The maximum Gasteiger partial charge on any atom is 0.165 e. The minimum Gasteiger partial charge on any atom is -0.493 e. The second kappa shape index (κ2) is 5.86. The lowest BCUT2D eigenvalue weighted by Gasteiger charge is -2.25. The molecule has 0 saturated heterocycles. The second-order valence-electron chi connectivity index (χ2n) is 5.10. The highest BCUT2D eigenvalue weighted by molar-refractivity contribution is 6.34. The zero-order valence-electron chi connectivity index (χ0n) is 11.3. The van der Waals surface area contributed by atoms with E-state index in [0.717, 1.165) is 17.7 Å². The average Bonchev–Trinajstić information content (AvgIpc) is 2.50. The van der Waals surface area contributed by atoms with E-state index in [1.54, 1.807) is 6.07 Å². The summed E-state index contributed by atoms with van der Waals surface area (Å²) in [6.45, 7) is 0.589. The van der Waals surface area contributed by atoms with Crippen LogP contribution >= 0.6 is 11.6 Å². The number of carbonyl (C=O) groups is 1. The summed E-state index contributed by atoms with van der Waals surface area (Å²) < 4.78 is 19.0. The lowest BCUT2D eigenvalue weighted by Crippen LogP contribution is -2.17. The van der Waals surface area contributed by atoms with Crippen molar-refractivity contribution >= 4 is 17.4 Å². The van der Waals surface area contributed by atoms with Crippen LogP contribution in [0, 0.1) is 5.82 Å². The molecular formula is C17H14ClFO2. The molecule has 1 unspecified atom stereocenters. The van der Waals surface area contributed by atoms with Crippen molar-refractivity contribution in [3.8, 4) is 5.75 Å². The normalized spacial score (nSPS) is 17.0. The molecule has 0 aromatic heterocycles. The number of ketones is 1. The van der Waals surface area contributed by atoms with E-state index in [9.17, 15) is 9.18 Å².